The van der Waals surface area contributed by atoms with Crippen LogP contribution in [0.2, 0.25) is 0 Å². The first kappa shape index (κ1) is 13.6. The lowest BCUT2D eigenvalue weighted by molar-refractivity contribution is -0.133. The number of nitrogens with two attached hydrogens (primary N) is 1. The molecular formula is C14H19BrN2O. The zero-order valence-corrected chi connectivity index (χ0v) is 12.2. The number of carbonyl (C=O) groups is 1. The number of rotatable bonds is 3. The molecule has 1 amide bonds. The molecule has 1 aliphatic heterocycles. The third-order valence-corrected chi connectivity index (χ3v) is 4.18. The topological polar surface area (TPSA) is 46.3 Å². The molecule has 0 saturated heterocycles. The summed E-state index contributed by atoms with van der Waals surface area (Å²) in [6.07, 6.45) is 2.62. The third-order valence-electron chi connectivity index (χ3n) is 3.44. The highest BCUT2D eigenvalue weighted by Gasteiger charge is 2.25. The van der Waals surface area contributed by atoms with Crippen molar-refractivity contribution in [3.05, 3.63) is 33.8 Å². The van der Waals surface area contributed by atoms with Crippen LogP contribution in [0.5, 0.6) is 0 Å². The zero-order chi connectivity index (χ0) is 13.1. The van der Waals surface area contributed by atoms with Gasteiger partial charge in [-0.1, -0.05) is 41.4 Å². The summed E-state index contributed by atoms with van der Waals surface area (Å²) >= 11 is 3.56. The predicted molar refractivity (Wildman–Crippen MR) is 76.1 cm³/mol. The van der Waals surface area contributed by atoms with Gasteiger partial charge in [0.2, 0.25) is 5.91 Å². The molecule has 1 aromatic rings. The molecule has 98 valence electrons. The molecule has 0 aliphatic carbocycles. The highest BCUT2D eigenvalue weighted by molar-refractivity contribution is 9.10. The normalized spacial score (nSPS) is 16.3. The average Bonchev–Trinajstić information content (AvgIpc) is 2.38. The minimum atomic E-state index is -0.344. The number of carbonyl (C=O) groups excluding carboxylic acids is 1. The maximum atomic E-state index is 12.2. The van der Waals surface area contributed by atoms with E-state index in [0.717, 1.165) is 30.3 Å². The van der Waals surface area contributed by atoms with Crippen LogP contribution in [0.4, 0.5) is 0 Å². The fourth-order valence-corrected chi connectivity index (χ4v) is 3.03. The molecule has 1 unspecified atom stereocenters. The molecule has 18 heavy (non-hydrogen) atoms. The summed E-state index contributed by atoms with van der Waals surface area (Å²) in [5.74, 6) is 0.0856. The third kappa shape index (κ3) is 2.75. The molecule has 3 nitrogen and oxygen atoms in total. The van der Waals surface area contributed by atoms with E-state index >= 15 is 0 Å². The molecule has 0 fully saturated rings. The van der Waals surface area contributed by atoms with Crippen LogP contribution in [0.1, 0.15) is 30.9 Å². The summed E-state index contributed by atoms with van der Waals surface area (Å²) in [6, 6.07) is 5.82. The van der Waals surface area contributed by atoms with Crippen molar-refractivity contribution in [1.29, 1.82) is 0 Å². The minimum Gasteiger partial charge on any atom is -0.337 e. The zero-order valence-electron chi connectivity index (χ0n) is 10.7. The SMILES string of the molecule is CCCC(N)C(=O)N1CCc2c(Br)cccc2C1. The van der Waals surface area contributed by atoms with Crippen LogP contribution >= 0.6 is 15.9 Å². The summed E-state index contributed by atoms with van der Waals surface area (Å²) < 4.78 is 1.14. The van der Waals surface area contributed by atoms with E-state index in [-0.39, 0.29) is 11.9 Å². The fourth-order valence-electron chi connectivity index (χ4n) is 2.42. The Hall–Kier alpha value is -0.870. The van der Waals surface area contributed by atoms with Gasteiger partial charge in [0.1, 0.15) is 0 Å². The Morgan fingerprint density at radius 3 is 3.06 bits per heavy atom. The van der Waals surface area contributed by atoms with Crippen molar-refractivity contribution in [2.45, 2.75) is 38.8 Å². The van der Waals surface area contributed by atoms with Crippen LogP contribution < -0.4 is 5.73 Å². The fraction of sp³-hybridized carbons (Fsp3) is 0.500. The number of benzene rings is 1. The minimum absolute atomic E-state index is 0.0856. The second-order valence-electron chi connectivity index (χ2n) is 4.78. The van der Waals surface area contributed by atoms with Crippen molar-refractivity contribution in [1.82, 2.24) is 4.90 Å². The number of fused-ring (bicyclic) bond motifs is 1. The van der Waals surface area contributed by atoms with Crippen LogP contribution in [0, 0.1) is 0 Å². The number of hydrogen-bond acceptors (Lipinski definition) is 2. The van der Waals surface area contributed by atoms with Gasteiger partial charge >= 0.3 is 0 Å². The Labute approximate surface area is 116 Å². The van der Waals surface area contributed by atoms with E-state index in [1.807, 2.05) is 11.0 Å². The summed E-state index contributed by atoms with van der Waals surface area (Å²) in [5, 5.41) is 0. The first-order valence-electron chi connectivity index (χ1n) is 6.44. The van der Waals surface area contributed by atoms with Crippen LogP contribution in [-0.2, 0) is 17.8 Å². The smallest absolute Gasteiger partial charge is 0.239 e. The predicted octanol–water partition coefficient (Wildman–Crippen LogP) is 2.46. The van der Waals surface area contributed by atoms with Crippen LogP contribution in [0.3, 0.4) is 0 Å². The number of nitrogens with zero attached hydrogens (tertiary/aromatic N) is 1. The van der Waals surface area contributed by atoms with Gasteiger partial charge in [0.05, 0.1) is 6.04 Å². The van der Waals surface area contributed by atoms with Gasteiger partial charge in [-0.05, 0) is 30.0 Å². The Morgan fingerprint density at radius 2 is 2.33 bits per heavy atom. The van der Waals surface area contributed by atoms with E-state index in [1.165, 1.54) is 11.1 Å². The maximum Gasteiger partial charge on any atom is 0.239 e. The molecule has 1 aliphatic rings. The Bertz CT molecular complexity index is 447. The first-order chi connectivity index (χ1) is 8.63. The first-order valence-corrected chi connectivity index (χ1v) is 7.23. The lowest BCUT2D eigenvalue weighted by Crippen LogP contribution is -2.45. The Kier molecular flexibility index (Phi) is 4.40. The van der Waals surface area contributed by atoms with Crippen LogP contribution in [-0.4, -0.2) is 23.4 Å². The molecule has 2 rings (SSSR count). The van der Waals surface area contributed by atoms with Crippen molar-refractivity contribution in [2.75, 3.05) is 6.54 Å². The lowest BCUT2D eigenvalue weighted by atomic mass is 9.99. The van der Waals surface area contributed by atoms with Crippen LogP contribution in [0.15, 0.2) is 22.7 Å². The average molecular weight is 311 g/mol. The quantitative estimate of drug-likeness (QED) is 0.932. The van der Waals surface area contributed by atoms with E-state index in [4.69, 9.17) is 5.73 Å². The van der Waals surface area contributed by atoms with Gasteiger partial charge in [-0.15, -0.1) is 0 Å². The van der Waals surface area contributed by atoms with E-state index in [2.05, 4.69) is 35.0 Å². The van der Waals surface area contributed by atoms with Gasteiger partial charge in [-0.3, -0.25) is 4.79 Å². The highest BCUT2D eigenvalue weighted by atomic mass is 79.9. The summed E-state index contributed by atoms with van der Waals surface area (Å²) in [4.78, 5) is 14.1. The summed E-state index contributed by atoms with van der Waals surface area (Å²) in [5.41, 5.74) is 8.46. The molecule has 1 aromatic carbocycles. The van der Waals surface area contributed by atoms with Crippen molar-refractivity contribution < 1.29 is 4.79 Å². The summed E-state index contributed by atoms with van der Waals surface area (Å²) in [6.45, 7) is 3.51. The Morgan fingerprint density at radius 1 is 1.56 bits per heavy atom. The van der Waals surface area contributed by atoms with Crippen molar-refractivity contribution in [3.8, 4) is 0 Å². The molecule has 1 atom stereocenters. The number of amides is 1. The van der Waals surface area contributed by atoms with E-state index in [1.54, 1.807) is 0 Å². The Balaban J connectivity index is 2.10. The van der Waals surface area contributed by atoms with E-state index in [9.17, 15) is 4.79 Å². The van der Waals surface area contributed by atoms with Crippen molar-refractivity contribution in [3.63, 3.8) is 0 Å². The monoisotopic (exact) mass is 310 g/mol. The van der Waals surface area contributed by atoms with Gasteiger partial charge in [0.25, 0.3) is 0 Å². The molecule has 0 saturated carbocycles. The molecule has 2 N–H and O–H groups in total. The molecule has 1 heterocycles. The van der Waals surface area contributed by atoms with Gasteiger partial charge in [-0.25, -0.2) is 0 Å². The standard InChI is InChI=1S/C14H19BrN2O/c1-2-4-13(16)14(18)17-8-7-11-10(9-17)5-3-6-12(11)15/h3,5-6,13H,2,4,7-9,16H2,1H3. The largest absolute Gasteiger partial charge is 0.337 e. The summed E-state index contributed by atoms with van der Waals surface area (Å²) in [7, 11) is 0. The van der Waals surface area contributed by atoms with Crippen molar-refractivity contribution in [2.24, 2.45) is 5.73 Å². The van der Waals surface area contributed by atoms with Crippen LogP contribution in [0.25, 0.3) is 0 Å². The molecule has 0 aromatic heterocycles. The van der Waals surface area contributed by atoms with Gasteiger partial charge in [0.15, 0.2) is 0 Å². The van der Waals surface area contributed by atoms with Gasteiger partial charge < -0.3 is 10.6 Å². The second-order valence-corrected chi connectivity index (χ2v) is 5.64. The van der Waals surface area contributed by atoms with E-state index < -0.39 is 0 Å². The molecule has 0 spiro atoms. The number of hydrogen-bond donors (Lipinski definition) is 1. The second kappa shape index (κ2) is 5.85. The van der Waals surface area contributed by atoms with Crippen molar-refractivity contribution >= 4 is 21.8 Å². The molecule has 4 heteroatoms. The highest BCUT2D eigenvalue weighted by Crippen LogP contribution is 2.26. The van der Waals surface area contributed by atoms with Gasteiger partial charge in [0, 0.05) is 17.6 Å². The van der Waals surface area contributed by atoms with E-state index in [0.29, 0.717) is 6.54 Å². The van der Waals surface area contributed by atoms with Gasteiger partial charge in [-0.2, -0.15) is 0 Å². The molecular weight excluding hydrogens is 292 g/mol. The molecule has 0 radical (unpaired) electrons. The number of halogens is 1. The molecule has 0 bridgehead atoms. The lowest BCUT2D eigenvalue weighted by Gasteiger charge is -2.31. The maximum absolute atomic E-state index is 12.2.